The quantitative estimate of drug-likeness (QED) is 0.328. The summed E-state index contributed by atoms with van der Waals surface area (Å²) in [5.41, 5.74) is 0.426. The first-order valence-corrected chi connectivity index (χ1v) is 8.56. The zero-order valence-electron chi connectivity index (χ0n) is 14.2. The number of nitrogens with one attached hydrogen (secondary N) is 1. The van der Waals surface area contributed by atoms with Gasteiger partial charge in [-0.05, 0) is 36.8 Å². The van der Waals surface area contributed by atoms with Gasteiger partial charge in [0.1, 0.15) is 5.76 Å². The molecular formula is C18H28IN3O2. The number of likely N-dealkylation sites (tertiary alicyclic amines) is 1. The van der Waals surface area contributed by atoms with E-state index in [2.05, 4.69) is 16.8 Å². The Bertz CT molecular complexity index is 524. The first-order chi connectivity index (χ1) is 11.3. The molecule has 0 aliphatic carbocycles. The summed E-state index contributed by atoms with van der Waals surface area (Å²) in [5, 5.41) is 3.41. The van der Waals surface area contributed by atoms with E-state index < -0.39 is 0 Å². The SMILES string of the molecule is C=CCNC(=NCCc1ccco1)N1CCC2(CCOCC2)C1.I. The third-order valence-electron chi connectivity index (χ3n) is 4.90. The van der Waals surface area contributed by atoms with E-state index in [1.807, 2.05) is 18.2 Å². The summed E-state index contributed by atoms with van der Waals surface area (Å²) >= 11 is 0. The fraction of sp³-hybridized carbons (Fsp3) is 0.611. The second kappa shape index (κ2) is 9.46. The van der Waals surface area contributed by atoms with Crippen molar-refractivity contribution in [3.8, 4) is 0 Å². The van der Waals surface area contributed by atoms with Crippen molar-refractivity contribution in [1.82, 2.24) is 10.2 Å². The Balaban J connectivity index is 0.00000208. The number of nitrogens with zero attached hydrogens (tertiary/aromatic N) is 2. The number of guanidine groups is 1. The smallest absolute Gasteiger partial charge is 0.194 e. The Morgan fingerprint density at radius 1 is 1.38 bits per heavy atom. The molecule has 0 radical (unpaired) electrons. The molecule has 3 heterocycles. The van der Waals surface area contributed by atoms with Crippen molar-refractivity contribution < 1.29 is 9.15 Å². The third kappa shape index (κ3) is 4.99. The predicted molar refractivity (Wildman–Crippen MR) is 107 cm³/mol. The number of hydrogen-bond donors (Lipinski definition) is 1. The van der Waals surface area contributed by atoms with Gasteiger partial charge in [-0.25, -0.2) is 0 Å². The van der Waals surface area contributed by atoms with Crippen LogP contribution in [-0.2, 0) is 11.2 Å². The van der Waals surface area contributed by atoms with Crippen molar-refractivity contribution in [1.29, 1.82) is 0 Å². The normalized spacial score (nSPS) is 20.0. The van der Waals surface area contributed by atoms with Gasteiger partial charge in [-0.3, -0.25) is 4.99 Å². The van der Waals surface area contributed by atoms with E-state index in [-0.39, 0.29) is 24.0 Å². The lowest BCUT2D eigenvalue weighted by Gasteiger charge is -2.33. The first-order valence-electron chi connectivity index (χ1n) is 8.56. The van der Waals surface area contributed by atoms with Crippen LogP contribution in [-0.4, -0.2) is 50.3 Å². The van der Waals surface area contributed by atoms with E-state index in [0.29, 0.717) is 5.41 Å². The zero-order valence-corrected chi connectivity index (χ0v) is 16.5. The molecule has 0 unspecified atom stereocenters. The lowest BCUT2D eigenvalue weighted by Crippen LogP contribution is -2.42. The molecule has 1 N–H and O–H groups in total. The van der Waals surface area contributed by atoms with Gasteiger partial charge in [0.2, 0.25) is 0 Å². The molecule has 134 valence electrons. The molecule has 0 saturated carbocycles. The van der Waals surface area contributed by atoms with Crippen LogP contribution in [0.15, 0.2) is 40.5 Å². The average Bonchev–Trinajstić information content (AvgIpc) is 3.22. The molecule has 2 aliphatic heterocycles. The minimum absolute atomic E-state index is 0. The predicted octanol–water partition coefficient (Wildman–Crippen LogP) is 3.07. The number of halogens is 1. The van der Waals surface area contributed by atoms with Crippen molar-refractivity contribution in [3.05, 3.63) is 36.8 Å². The number of rotatable bonds is 5. The van der Waals surface area contributed by atoms with Gasteiger partial charge in [0.25, 0.3) is 0 Å². The number of furan rings is 1. The molecule has 3 rings (SSSR count). The van der Waals surface area contributed by atoms with Crippen LogP contribution in [0, 0.1) is 5.41 Å². The molecule has 24 heavy (non-hydrogen) atoms. The zero-order chi connectivity index (χ0) is 16.0. The van der Waals surface area contributed by atoms with Gasteiger partial charge in [0.15, 0.2) is 5.96 Å². The fourth-order valence-corrected chi connectivity index (χ4v) is 3.49. The summed E-state index contributed by atoms with van der Waals surface area (Å²) in [7, 11) is 0. The lowest BCUT2D eigenvalue weighted by molar-refractivity contribution is 0.0218. The largest absolute Gasteiger partial charge is 0.469 e. The van der Waals surface area contributed by atoms with Crippen molar-refractivity contribution in [2.75, 3.05) is 39.4 Å². The second-order valence-electron chi connectivity index (χ2n) is 6.49. The molecule has 2 saturated heterocycles. The lowest BCUT2D eigenvalue weighted by atomic mass is 9.80. The minimum atomic E-state index is 0. The Morgan fingerprint density at radius 2 is 2.21 bits per heavy atom. The summed E-state index contributed by atoms with van der Waals surface area (Å²) < 4.78 is 10.9. The summed E-state index contributed by atoms with van der Waals surface area (Å²) in [6.45, 7) is 9.23. The molecule has 1 aromatic heterocycles. The van der Waals surface area contributed by atoms with E-state index in [1.54, 1.807) is 6.26 Å². The molecule has 0 atom stereocenters. The summed E-state index contributed by atoms with van der Waals surface area (Å²) in [4.78, 5) is 7.19. The van der Waals surface area contributed by atoms with Gasteiger partial charge in [0.05, 0.1) is 6.26 Å². The van der Waals surface area contributed by atoms with Gasteiger partial charge in [-0.2, -0.15) is 0 Å². The van der Waals surface area contributed by atoms with Crippen molar-refractivity contribution in [2.45, 2.75) is 25.7 Å². The molecule has 6 heteroatoms. The van der Waals surface area contributed by atoms with Gasteiger partial charge < -0.3 is 19.4 Å². The van der Waals surface area contributed by atoms with Crippen LogP contribution in [0.1, 0.15) is 25.0 Å². The Hall–Kier alpha value is -1.02. The molecule has 1 aromatic rings. The average molecular weight is 445 g/mol. The maximum Gasteiger partial charge on any atom is 0.194 e. The molecule has 0 bridgehead atoms. The summed E-state index contributed by atoms with van der Waals surface area (Å²) in [5.74, 6) is 1.99. The standard InChI is InChI=1S/C18H27N3O2.HI/c1-2-9-19-17(20-10-5-16-4-3-12-23-16)21-11-6-18(15-21)7-13-22-14-8-18;/h2-4,12H,1,5-11,13-15H2,(H,19,20);1H. The number of hydrogen-bond acceptors (Lipinski definition) is 3. The topological polar surface area (TPSA) is 50.0 Å². The van der Waals surface area contributed by atoms with E-state index in [4.69, 9.17) is 14.1 Å². The van der Waals surface area contributed by atoms with Crippen LogP contribution in [0.5, 0.6) is 0 Å². The highest BCUT2D eigenvalue weighted by molar-refractivity contribution is 14.0. The summed E-state index contributed by atoms with van der Waals surface area (Å²) in [6, 6.07) is 3.92. The maximum absolute atomic E-state index is 5.53. The molecule has 0 aromatic carbocycles. The van der Waals surface area contributed by atoms with Crippen LogP contribution < -0.4 is 5.32 Å². The van der Waals surface area contributed by atoms with Gasteiger partial charge in [-0.15, -0.1) is 30.6 Å². The van der Waals surface area contributed by atoms with Crippen LogP contribution in [0.2, 0.25) is 0 Å². The van der Waals surface area contributed by atoms with Crippen molar-refractivity contribution >= 4 is 29.9 Å². The Kier molecular flexibility index (Phi) is 7.61. The van der Waals surface area contributed by atoms with E-state index in [0.717, 1.165) is 57.5 Å². The highest BCUT2D eigenvalue weighted by atomic mass is 127. The van der Waals surface area contributed by atoms with Crippen molar-refractivity contribution in [3.63, 3.8) is 0 Å². The maximum atomic E-state index is 5.53. The molecule has 2 fully saturated rings. The first kappa shape index (κ1) is 19.3. The highest BCUT2D eigenvalue weighted by Gasteiger charge is 2.40. The molecule has 0 amide bonds. The van der Waals surface area contributed by atoms with E-state index >= 15 is 0 Å². The molecule has 2 aliphatic rings. The van der Waals surface area contributed by atoms with Crippen LogP contribution in [0.4, 0.5) is 0 Å². The van der Waals surface area contributed by atoms with Crippen molar-refractivity contribution in [2.24, 2.45) is 10.4 Å². The van der Waals surface area contributed by atoms with E-state index in [9.17, 15) is 0 Å². The number of aliphatic imine (C=N–C) groups is 1. The molecule has 5 nitrogen and oxygen atoms in total. The molecule has 1 spiro atoms. The Morgan fingerprint density at radius 3 is 2.92 bits per heavy atom. The molecular weight excluding hydrogens is 417 g/mol. The second-order valence-corrected chi connectivity index (χ2v) is 6.49. The monoisotopic (exact) mass is 445 g/mol. The minimum Gasteiger partial charge on any atom is -0.469 e. The number of ether oxygens (including phenoxy) is 1. The van der Waals surface area contributed by atoms with Crippen LogP contribution >= 0.6 is 24.0 Å². The highest BCUT2D eigenvalue weighted by Crippen LogP contribution is 2.39. The van der Waals surface area contributed by atoms with Gasteiger partial charge in [0, 0.05) is 45.8 Å². The van der Waals surface area contributed by atoms with Crippen LogP contribution in [0.25, 0.3) is 0 Å². The van der Waals surface area contributed by atoms with E-state index in [1.165, 1.54) is 19.3 Å². The summed E-state index contributed by atoms with van der Waals surface area (Å²) in [6.07, 6.45) is 8.01. The van der Waals surface area contributed by atoms with Gasteiger partial charge in [-0.1, -0.05) is 6.08 Å². The van der Waals surface area contributed by atoms with Gasteiger partial charge >= 0.3 is 0 Å². The fourth-order valence-electron chi connectivity index (χ4n) is 3.49. The third-order valence-corrected chi connectivity index (χ3v) is 4.90. The Labute approximate surface area is 161 Å². The van der Waals surface area contributed by atoms with Crippen LogP contribution in [0.3, 0.4) is 0 Å².